The Morgan fingerprint density at radius 1 is 1.18 bits per heavy atom. The lowest BCUT2D eigenvalue weighted by molar-refractivity contribution is -0.136. The zero-order chi connectivity index (χ0) is 15.4. The Bertz CT molecular complexity index is 479. The molecular weight excluding hydrogens is 272 g/mol. The van der Waals surface area contributed by atoms with E-state index in [1.807, 2.05) is 0 Å². The predicted molar refractivity (Wildman–Crippen MR) is 89.5 cm³/mol. The molecule has 3 rings (SSSR count). The van der Waals surface area contributed by atoms with E-state index in [0.29, 0.717) is 30.3 Å². The number of rotatable bonds is 5. The molecule has 1 aromatic rings. The monoisotopic (exact) mass is 300 g/mol. The number of piperidine rings is 1. The van der Waals surface area contributed by atoms with E-state index in [4.69, 9.17) is 5.73 Å². The van der Waals surface area contributed by atoms with Crippen molar-refractivity contribution in [2.75, 3.05) is 13.1 Å². The highest BCUT2D eigenvalue weighted by molar-refractivity contribution is 5.77. The standard InChI is InChI=1S/C19H28N2O/c20-10-9-18-8-4-5-11-21(18)19(22)14-15-12-17(13-15)16-6-2-1-3-7-16/h1-3,6-7,15,17-18H,4-5,8-14,20H2. The maximum atomic E-state index is 12.6. The second kappa shape index (κ2) is 7.28. The van der Waals surface area contributed by atoms with Gasteiger partial charge in [0.25, 0.3) is 0 Å². The summed E-state index contributed by atoms with van der Waals surface area (Å²) >= 11 is 0. The van der Waals surface area contributed by atoms with Crippen molar-refractivity contribution in [1.29, 1.82) is 0 Å². The number of carbonyl (C=O) groups excluding carboxylic acids is 1. The quantitative estimate of drug-likeness (QED) is 0.907. The van der Waals surface area contributed by atoms with Crippen LogP contribution in [-0.2, 0) is 4.79 Å². The highest BCUT2D eigenvalue weighted by Gasteiger charge is 2.34. The number of amides is 1. The van der Waals surface area contributed by atoms with Crippen LogP contribution in [-0.4, -0.2) is 29.9 Å². The van der Waals surface area contributed by atoms with Crippen LogP contribution < -0.4 is 5.73 Å². The molecule has 1 aromatic carbocycles. The van der Waals surface area contributed by atoms with Crippen LogP contribution in [0.25, 0.3) is 0 Å². The summed E-state index contributed by atoms with van der Waals surface area (Å²) < 4.78 is 0. The summed E-state index contributed by atoms with van der Waals surface area (Å²) in [7, 11) is 0. The molecule has 3 heteroatoms. The molecule has 2 aliphatic rings. The van der Waals surface area contributed by atoms with Crippen molar-refractivity contribution in [2.24, 2.45) is 11.7 Å². The van der Waals surface area contributed by atoms with Crippen molar-refractivity contribution in [3.8, 4) is 0 Å². The van der Waals surface area contributed by atoms with E-state index in [9.17, 15) is 4.79 Å². The summed E-state index contributed by atoms with van der Waals surface area (Å²) in [6, 6.07) is 11.1. The first-order valence-electron chi connectivity index (χ1n) is 8.82. The van der Waals surface area contributed by atoms with E-state index in [0.717, 1.165) is 32.2 Å². The Balaban J connectivity index is 1.48. The maximum absolute atomic E-state index is 12.6. The molecular formula is C19H28N2O. The van der Waals surface area contributed by atoms with E-state index < -0.39 is 0 Å². The first kappa shape index (κ1) is 15.5. The van der Waals surface area contributed by atoms with E-state index in [2.05, 4.69) is 35.2 Å². The fraction of sp³-hybridized carbons (Fsp3) is 0.632. The van der Waals surface area contributed by atoms with E-state index in [-0.39, 0.29) is 0 Å². The molecule has 2 fully saturated rings. The maximum Gasteiger partial charge on any atom is 0.223 e. The van der Waals surface area contributed by atoms with Gasteiger partial charge in [-0.1, -0.05) is 30.3 Å². The number of hydrogen-bond donors (Lipinski definition) is 1. The Hall–Kier alpha value is -1.35. The lowest BCUT2D eigenvalue weighted by atomic mass is 9.70. The van der Waals surface area contributed by atoms with Crippen LogP contribution in [0, 0.1) is 5.92 Å². The van der Waals surface area contributed by atoms with Crippen LogP contribution in [0.1, 0.15) is 56.4 Å². The molecule has 1 unspecified atom stereocenters. The van der Waals surface area contributed by atoms with Gasteiger partial charge in [-0.3, -0.25) is 4.79 Å². The van der Waals surface area contributed by atoms with E-state index >= 15 is 0 Å². The SMILES string of the molecule is NCCC1CCCCN1C(=O)CC1CC(c2ccccc2)C1. The first-order chi connectivity index (χ1) is 10.8. The zero-order valence-electron chi connectivity index (χ0n) is 13.4. The first-order valence-corrected chi connectivity index (χ1v) is 8.82. The number of likely N-dealkylation sites (tertiary alicyclic amines) is 1. The minimum Gasteiger partial charge on any atom is -0.340 e. The summed E-state index contributed by atoms with van der Waals surface area (Å²) in [5.41, 5.74) is 7.14. The molecule has 0 bridgehead atoms. The predicted octanol–water partition coefficient (Wildman–Crippen LogP) is 3.30. The summed E-state index contributed by atoms with van der Waals surface area (Å²) in [5, 5.41) is 0. The summed E-state index contributed by atoms with van der Waals surface area (Å²) in [5.74, 6) is 1.62. The number of nitrogens with two attached hydrogens (primary N) is 1. The third-order valence-corrected chi connectivity index (χ3v) is 5.42. The highest BCUT2D eigenvalue weighted by Crippen LogP contribution is 2.43. The van der Waals surface area contributed by atoms with Gasteiger partial charge in [0, 0.05) is 19.0 Å². The zero-order valence-corrected chi connectivity index (χ0v) is 13.4. The van der Waals surface area contributed by atoms with Gasteiger partial charge in [0.05, 0.1) is 0 Å². The van der Waals surface area contributed by atoms with Gasteiger partial charge in [-0.05, 0) is 62.5 Å². The summed E-state index contributed by atoms with van der Waals surface area (Å²) in [4.78, 5) is 14.7. The number of hydrogen-bond acceptors (Lipinski definition) is 2. The van der Waals surface area contributed by atoms with Crippen molar-refractivity contribution >= 4 is 5.91 Å². The molecule has 1 saturated heterocycles. The van der Waals surface area contributed by atoms with Crippen molar-refractivity contribution in [1.82, 2.24) is 4.90 Å². The summed E-state index contributed by atoms with van der Waals surface area (Å²) in [6.07, 6.45) is 7.59. The molecule has 2 N–H and O–H groups in total. The Labute approximate surface area is 133 Å². The van der Waals surface area contributed by atoms with Crippen molar-refractivity contribution in [3.05, 3.63) is 35.9 Å². The average Bonchev–Trinajstić information content (AvgIpc) is 2.52. The van der Waals surface area contributed by atoms with Crippen LogP contribution in [0.5, 0.6) is 0 Å². The molecule has 0 spiro atoms. The van der Waals surface area contributed by atoms with E-state index in [1.54, 1.807) is 0 Å². The Morgan fingerprint density at radius 2 is 1.95 bits per heavy atom. The molecule has 1 aliphatic carbocycles. The molecule has 0 radical (unpaired) electrons. The van der Waals surface area contributed by atoms with Gasteiger partial charge in [0.15, 0.2) is 0 Å². The molecule has 1 aliphatic heterocycles. The molecule has 120 valence electrons. The van der Waals surface area contributed by atoms with Gasteiger partial charge >= 0.3 is 0 Å². The molecule has 22 heavy (non-hydrogen) atoms. The second-order valence-electron chi connectivity index (χ2n) is 6.96. The van der Waals surface area contributed by atoms with Crippen molar-refractivity contribution in [2.45, 2.75) is 56.9 Å². The fourth-order valence-corrected chi connectivity index (χ4v) is 4.09. The van der Waals surface area contributed by atoms with Gasteiger partial charge < -0.3 is 10.6 Å². The molecule has 1 atom stereocenters. The normalized spacial score (nSPS) is 28.2. The molecule has 3 nitrogen and oxygen atoms in total. The lowest BCUT2D eigenvalue weighted by Gasteiger charge is -2.40. The fourth-order valence-electron chi connectivity index (χ4n) is 4.09. The van der Waals surface area contributed by atoms with Gasteiger partial charge in [-0.2, -0.15) is 0 Å². The van der Waals surface area contributed by atoms with Gasteiger partial charge in [-0.15, -0.1) is 0 Å². The van der Waals surface area contributed by atoms with Gasteiger partial charge in [0.1, 0.15) is 0 Å². The minimum absolute atomic E-state index is 0.370. The van der Waals surface area contributed by atoms with Crippen LogP contribution in [0.2, 0.25) is 0 Å². The van der Waals surface area contributed by atoms with Crippen LogP contribution in [0.3, 0.4) is 0 Å². The van der Waals surface area contributed by atoms with Crippen molar-refractivity contribution in [3.63, 3.8) is 0 Å². The third kappa shape index (κ3) is 3.52. The smallest absolute Gasteiger partial charge is 0.223 e. The van der Waals surface area contributed by atoms with Crippen molar-refractivity contribution < 1.29 is 4.79 Å². The third-order valence-electron chi connectivity index (χ3n) is 5.42. The molecule has 1 amide bonds. The van der Waals surface area contributed by atoms with Gasteiger partial charge in [-0.25, -0.2) is 0 Å². The average molecular weight is 300 g/mol. The lowest BCUT2D eigenvalue weighted by Crippen LogP contribution is -2.45. The summed E-state index contributed by atoms with van der Waals surface area (Å²) in [6.45, 7) is 1.63. The molecule has 1 heterocycles. The van der Waals surface area contributed by atoms with Crippen LogP contribution in [0.4, 0.5) is 0 Å². The minimum atomic E-state index is 0.370. The molecule has 0 aromatic heterocycles. The number of nitrogens with zero attached hydrogens (tertiary/aromatic N) is 1. The van der Waals surface area contributed by atoms with Crippen LogP contribution in [0.15, 0.2) is 30.3 Å². The topological polar surface area (TPSA) is 46.3 Å². The number of benzene rings is 1. The largest absolute Gasteiger partial charge is 0.340 e. The number of carbonyl (C=O) groups is 1. The van der Waals surface area contributed by atoms with E-state index in [1.165, 1.54) is 24.8 Å². The second-order valence-corrected chi connectivity index (χ2v) is 6.96. The van der Waals surface area contributed by atoms with Gasteiger partial charge in [0.2, 0.25) is 5.91 Å². The Kier molecular flexibility index (Phi) is 5.14. The Morgan fingerprint density at radius 3 is 2.68 bits per heavy atom. The highest BCUT2D eigenvalue weighted by atomic mass is 16.2. The molecule has 1 saturated carbocycles. The van der Waals surface area contributed by atoms with Crippen LogP contribution >= 0.6 is 0 Å².